The van der Waals surface area contributed by atoms with Gasteiger partial charge in [0.1, 0.15) is 18.1 Å². The highest BCUT2D eigenvalue weighted by Crippen LogP contribution is 2.09. The molecule has 0 spiro atoms. The van der Waals surface area contributed by atoms with Crippen LogP contribution in [0.4, 0.5) is 0 Å². The second kappa shape index (κ2) is 18.7. The monoisotopic (exact) mass is 543 g/mol. The summed E-state index contributed by atoms with van der Waals surface area (Å²) in [6, 6.07) is -4.42. The topological polar surface area (TPSA) is 284 Å². The number of unbranched alkanes of at least 4 members (excludes halogenated alkanes) is 1. The van der Waals surface area contributed by atoms with Gasteiger partial charge in [0.05, 0.1) is 6.04 Å². The molecule has 4 atom stereocenters. The molecule has 0 aromatic rings. The van der Waals surface area contributed by atoms with E-state index in [0.717, 1.165) is 0 Å². The molecule has 0 aliphatic rings. The van der Waals surface area contributed by atoms with Gasteiger partial charge in [0.2, 0.25) is 23.6 Å². The van der Waals surface area contributed by atoms with Gasteiger partial charge in [-0.1, -0.05) is 13.8 Å². The van der Waals surface area contributed by atoms with E-state index in [2.05, 4.69) is 20.9 Å². The lowest BCUT2D eigenvalue weighted by Crippen LogP contribution is -2.57. The maximum Gasteiger partial charge on any atom is 0.326 e. The average Bonchev–Trinajstić information content (AvgIpc) is 2.82. The zero-order chi connectivity index (χ0) is 29.3. The highest BCUT2D eigenvalue weighted by Gasteiger charge is 2.30. The Balaban J connectivity index is 5.46. The summed E-state index contributed by atoms with van der Waals surface area (Å²) in [5.74, 6) is -4.06. The standard InChI is InChI=1S/C23H45N9O6/c1-13(2)12-17(32-19(34)14(25)6-5-11-29-23(27)28)21(36)30-15(8-9-18(26)33)20(35)31-16(22(37)38)7-3-4-10-24/h13-17H,3-12,24-25H2,1-2H3,(H2,26,33)(H,30,36)(H,31,35)(H,32,34)(H,37,38)(H4,27,28,29). The highest BCUT2D eigenvalue weighted by molar-refractivity contribution is 5.94. The smallest absolute Gasteiger partial charge is 0.326 e. The van der Waals surface area contributed by atoms with E-state index in [1.54, 1.807) is 0 Å². The summed E-state index contributed by atoms with van der Waals surface area (Å²) >= 11 is 0. The van der Waals surface area contributed by atoms with Gasteiger partial charge in [0.25, 0.3) is 0 Å². The molecule has 0 fully saturated rings. The van der Waals surface area contributed by atoms with Crippen LogP contribution in [0.5, 0.6) is 0 Å². The van der Waals surface area contributed by atoms with Gasteiger partial charge in [-0.05, 0) is 57.4 Å². The van der Waals surface area contributed by atoms with Gasteiger partial charge in [-0.15, -0.1) is 0 Å². The van der Waals surface area contributed by atoms with Crippen LogP contribution in [0, 0.1) is 5.92 Å². The van der Waals surface area contributed by atoms with Crippen LogP contribution in [0.15, 0.2) is 4.99 Å². The lowest BCUT2D eigenvalue weighted by Gasteiger charge is -2.26. The van der Waals surface area contributed by atoms with Crippen molar-refractivity contribution in [3.05, 3.63) is 0 Å². The number of carbonyl (C=O) groups excluding carboxylic acids is 4. The first kappa shape index (κ1) is 34.5. The first-order chi connectivity index (χ1) is 17.8. The van der Waals surface area contributed by atoms with Crippen molar-refractivity contribution in [2.24, 2.45) is 39.6 Å². The molecule has 0 aromatic heterocycles. The number of hydrogen-bond donors (Lipinski definition) is 9. The summed E-state index contributed by atoms with van der Waals surface area (Å²) in [4.78, 5) is 65.4. The van der Waals surface area contributed by atoms with E-state index in [-0.39, 0.29) is 44.0 Å². The van der Waals surface area contributed by atoms with E-state index in [1.165, 1.54) is 0 Å². The quantitative estimate of drug-likeness (QED) is 0.0436. The molecule has 0 aliphatic carbocycles. The van der Waals surface area contributed by atoms with Crippen molar-refractivity contribution in [1.29, 1.82) is 0 Å². The maximum absolute atomic E-state index is 13.1. The molecule has 0 saturated carbocycles. The highest BCUT2D eigenvalue weighted by atomic mass is 16.4. The Morgan fingerprint density at radius 1 is 0.789 bits per heavy atom. The predicted molar refractivity (Wildman–Crippen MR) is 142 cm³/mol. The lowest BCUT2D eigenvalue weighted by molar-refractivity contribution is -0.142. The minimum Gasteiger partial charge on any atom is -0.480 e. The van der Waals surface area contributed by atoms with Crippen LogP contribution in [-0.2, 0) is 24.0 Å². The van der Waals surface area contributed by atoms with Crippen LogP contribution in [0.1, 0.15) is 65.2 Å². The van der Waals surface area contributed by atoms with Crippen LogP contribution in [0.25, 0.3) is 0 Å². The Hall–Kier alpha value is -3.46. The van der Waals surface area contributed by atoms with E-state index in [1.807, 2.05) is 13.8 Å². The average molecular weight is 544 g/mol. The van der Waals surface area contributed by atoms with Crippen LogP contribution in [0.2, 0.25) is 0 Å². The largest absolute Gasteiger partial charge is 0.480 e. The molecule has 4 amide bonds. The zero-order valence-corrected chi connectivity index (χ0v) is 22.3. The third kappa shape index (κ3) is 15.6. The number of carboxylic acid groups (broad SMARTS) is 1. The van der Waals surface area contributed by atoms with E-state index in [0.29, 0.717) is 32.4 Å². The summed E-state index contributed by atoms with van der Waals surface area (Å²) in [7, 11) is 0. The second-order valence-corrected chi connectivity index (χ2v) is 9.50. The molecule has 0 radical (unpaired) electrons. The molecule has 0 heterocycles. The van der Waals surface area contributed by atoms with E-state index >= 15 is 0 Å². The minimum absolute atomic E-state index is 0.0130. The fourth-order valence-electron chi connectivity index (χ4n) is 3.48. The van der Waals surface area contributed by atoms with Gasteiger partial charge in [-0.2, -0.15) is 0 Å². The predicted octanol–water partition coefficient (Wildman–Crippen LogP) is -2.65. The lowest BCUT2D eigenvalue weighted by atomic mass is 10.0. The number of carbonyl (C=O) groups is 5. The molecule has 0 rings (SSSR count). The maximum atomic E-state index is 13.1. The Kier molecular flexibility index (Phi) is 17.0. The summed E-state index contributed by atoms with van der Waals surface area (Å²) in [5, 5.41) is 17.0. The number of amides is 4. The molecular formula is C23H45N9O6. The van der Waals surface area contributed by atoms with Crippen molar-refractivity contribution in [1.82, 2.24) is 16.0 Å². The van der Waals surface area contributed by atoms with Crippen molar-refractivity contribution in [2.75, 3.05) is 13.1 Å². The van der Waals surface area contributed by atoms with E-state index < -0.39 is 53.8 Å². The van der Waals surface area contributed by atoms with Gasteiger partial charge >= 0.3 is 5.97 Å². The molecule has 4 unspecified atom stereocenters. The number of guanidine groups is 1. The van der Waals surface area contributed by atoms with E-state index in [9.17, 15) is 29.1 Å². The Morgan fingerprint density at radius 3 is 1.89 bits per heavy atom. The molecule has 0 bridgehead atoms. The molecule has 0 saturated heterocycles. The normalized spacial score (nSPS) is 14.0. The Morgan fingerprint density at radius 2 is 1.37 bits per heavy atom. The van der Waals surface area contributed by atoms with Crippen molar-refractivity contribution < 1.29 is 29.1 Å². The number of carboxylic acids is 1. The molecule has 15 heteroatoms. The zero-order valence-electron chi connectivity index (χ0n) is 22.3. The SMILES string of the molecule is CC(C)CC(NC(=O)C(N)CCCN=C(N)N)C(=O)NC(CCC(N)=O)C(=O)NC(CCCCN)C(=O)O. The Bertz CT molecular complexity index is 817. The number of nitrogens with one attached hydrogen (secondary N) is 3. The Labute approximate surface area is 223 Å². The first-order valence-corrected chi connectivity index (χ1v) is 12.7. The third-order valence-electron chi connectivity index (χ3n) is 5.52. The number of nitrogens with zero attached hydrogens (tertiary/aromatic N) is 1. The number of rotatable bonds is 20. The van der Waals surface area contributed by atoms with Crippen molar-refractivity contribution in [2.45, 2.75) is 89.4 Å². The van der Waals surface area contributed by atoms with Crippen molar-refractivity contribution in [3.63, 3.8) is 0 Å². The number of hydrogen-bond acceptors (Lipinski definition) is 8. The van der Waals surface area contributed by atoms with Crippen molar-refractivity contribution >= 4 is 35.6 Å². The van der Waals surface area contributed by atoms with Crippen LogP contribution < -0.4 is 44.6 Å². The third-order valence-corrected chi connectivity index (χ3v) is 5.52. The molecule has 38 heavy (non-hydrogen) atoms. The van der Waals surface area contributed by atoms with Gasteiger partial charge in [0.15, 0.2) is 5.96 Å². The van der Waals surface area contributed by atoms with Gasteiger partial charge < -0.3 is 49.7 Å². The summed E-state index contributed by atoms with van der Waals surface area (Å²) < 4.78 is 0. The molecular weight excluding hydrogens is 498 g/mol. The minimum atomic E-state index is -1.26. The molecule has 15 nitrogen and oxygen atoms in total. The summed E-state index contributed by atoms with van der Waals surface area (Å²) in [6.45, 7) is 4.36. The fourth-order valence-corrected chi connectivity index (χ4v) is 3.48. The molecule has 14 N–H and O–H groups in total. The van der Waals surface area contributed by atoms with Gasteiger partial charge in [-0.3, -0.25) is 24.2 Å². The first-order valence-electron chi connectivity index (χ1n) is 12.7. The van der Waals surface area contributed by atoms with Gasteiger partial charge in [0, 0.05) is 13.0 Å². The van der Waals surface area contributed by atoms with Crippen molar-refractivity contribution in [3.8, 4) is 0 Å². The van der Waals surface area contributed by atoms with Gasteiger partial charge in [-0.25, -0.2) is 4.79 Å². The molecule has 0 aromatic carbocycles. The molecule has 218 valence electrons. The van der Waals surface area contributed by atoms with Crippen LogP contribution in [0.3, 0.4) is 0 Å². The van der Waals surface area contributed by atoms with E-state index in [4.69, 9.17) is 28.7 Å². The number of primary amides is 1. The number of aliphatic carboxylic acids is 1. The second-order valence-electron chi connectivity index (χ2n) is 9.50. The number of aliphatic imine (C=N–C) groups is 1. The summed E-state index contributed by atoms with van der Waals surface area (Å²) in [5.41, 5.74) is 27.1. The van der Waals surface area contributed by atoms with Crippen LogP contribution >= 0.6 is 0 Å². The van der Waals surface area contributed by atoms with Crippen LogP contribution in [-0.4, -0.2) is 77.9 Å². The number of nitrogens with two attached hydrogens (primary N) is 5. The fraction of sp³-hybridized carbons (Fsp3) is 0.739. The summed E-state index contributed by atoms with van der Waals surface area (Å²) in [6.07, 6.45) is 1.75. The molecule has 0 aliphatic heterocycles.